The van der Waals surface area contributed by atoms with Gasteiger partial charge in [-0.15, -0.1) is 0 Å². The minimum atomic E-state index is -0.496. The second kappa shape index (κ2) is 5.22. The molecule has 1 aromatic carbocycles. The molecule has 2 aromatic rings. The fourth-order valence-electron chi connectivity index (χ4n) is 1.43. The number of rotatable bonds is 3. The zero-order valence-electron chi connectivity index (χ0n) is 9.71. The van der Waals surface area contributed by atoms with Gasteiger partial charge in [0.1, 0.15) is 6.54 Å². The number of esters is 1. The van der Waals surface area contributed by atoms with Gasteiger partial charge in [-0.2, -0.15) is 0 Å². The van der Waals surface area contributed by atoms with Gasteiger partial charge in [-0.25, -0.2) is 0 Å². The Labute approximate surface area is 103 Å². The average molecular weight is 245 g/mol. The predicted octanol–water partition coefficient (Wildman–Crippen LogP) is 0.533. The summed E-state index contributed by atoms with van der Waals surface area (Å²) < 4.78 is 4.43. The van der Waals surface area contributed by atoms with E-state index in [1.54, 1.807) is 30.6 Å². The molecule has 0 saturated carbocycles. The minimum absolute atomic E-state index is 0.159. The number of benzene rings is 1. The minimum Gasteiger partial charge on any atom is -0.468 e. The summed E-state index contributed by atoms with van der Waals surface area (Å²) in [5.74, 6) is -0.850. The first-order valence-electron chi connectivity index (χ1n) is 5.26. The van der Waals surface area contributed by atoms with Crippen molar-refractivity contribution in [3.05, 3.63) is 36.2 Å². The molecule has 0 atom stereocenters. The van der Waals surface area contributed by atoms with E-state index in [0.717, 1.165) is 0 Å². The van der Waals surface area contributed by atoms with Crippen LogP contribution in [0.4, 0.5) is 0 Å². The molecule has 6 nitrogen and oxygen atoms in total. The first-order chi connectivity index (χ1) is 8.70. The van der Waals surface area contributed by atoms with Crippen LogP contribution in [-0.2, 0) is 9.53 Å². The molecular weight excluding hydrogens is 234 g/mol. The lowest BCUT2D eigenvalue weighted by molar-refractivity contribution is -0.139. The van der Waals surface area contributed by atoms with Crippen LogP contribution >= 0.6 is 0 Å². The molecule has 1 aromatic heterocycles. The molecule has 0 fully saturated rings. The van der Waals surface area contributed by atoms with Crippen LogP contribution < -0.4 is 5.32 Å². The Hall–Kier alpha value is -2.50. The Bertz CT molecular complexity index is 598. The predicted molar refractivity (Wildman–Crippen MR) is 63.9 cm³/mol. The molecule has 92 valence electrons. The molecule has 0 spiro atoms. The summed E-state index contributed by atoms with van der Waals surface area (Å²) in [7, 11) is 1.26. The quantitative estimate of drug-likeness (QED) is 0.798. The third-order valence-electron chi connectivity index (χ3n) is 2.35. The van der Waals surface area contributed by atoms with Gasteiger partial charge in [0.05, 0.1) is 18.1 Å². The van der Waals surface area contributed by atoms with E-state index in [-0.39, 0.29) is 12.5 Å². The van der Waals surface area contributed by atoms with E-state index in [4.69, 9.17) is 0 Å². The van der Waals surface area contributed by atoms with Gasteiger partial charge >= 0.3 is 5.97 Å². The Balaban J connectivity index is 2.15. The number of fused-ring (bicyclic) bond motifs is 1. The summed E-state index contributed by atoms with van der Waals surface area (Å²) in [4.78, 5) is 30.8. The highest BCUT2D eigenvalue weighted by atomic mass is 16.5. The molecule has 0 radical (unpaired) electrons. The monoisotopic (exact) mass is 245 g/mol. The van der Waals surface area contributed by atoms with E-state index in [9.17, 15) is 9.59 Å². The number of carbonyl (C=O) groups is 2. The second-order valence-electron chi connectivity index (χ2n) is 3.52. The van der Waals surface area contributed by atoms with Crippen molar-refractivity contribution < 1.29 is 14.3 Å². The van der Waals surface area contributed by atoms with Crippen LogP contribution in [-0.4, -0.2) is 35.5 Å². The van der Waals surface area contributed by atoms with E-state index >= 15 is 0 Å². The lowest BCUT2D eigenvalue weighted by Crippen LogP contribution is -2.30. The maximum atomic E-state index is 11.7. The van der Waals surface area contributed by atoms with E-state index in [2.05, 4.69) is 20.0 Å². The molecule has 0 bridgehead atoms. The van der Waals surface area contributed by atoms with Crippen LogP contribution in [0.5, 0.6) is 0 Å². The SMILES string of the molecule is COC(=O)CNC(=O)c1ccc2nccnc2c1. The number of aromatic nitrogens is 2. The van der Waals surface area contributed by atoms with Crippen LogP contribution in [0.25, 0.3) is 11.0 Å². The largest absolute Gasteiger partial charge is 0.468 e. The Morgan fingerprint density at radius 2 is 1.94 bits per heavy atom. The number of hydrogen-bond donors (Lipinski definition) is 1. The number of nitrogens with zero attached hydrogens (tertiary/aromatic N) is 2. The van der Waals surface area contributed by atoms with Gasteiger partial charge in [0, 0.05) is 18.0 Å². The van der Waals surface area contributed by atoms with Gasteiger partial charge in [-0.1, -0.05) is 0 Å². The molecule has 1 N–H and O–H groups in total. The smallest absolute Gasteiger partial charge is 0.325 e. The zero-order valence-corrected chi connectivity index (χ0v) is 9.71. The molecule has 18 heavy (non-hydrogen) atoms. The fraction of sp³-hybridized carbons (Fsp3) is 0.167. The van der Waals surface area contributed by atoms with Crippen molar-refractivity contribution in [1.82, 2.24) is 15.3 Å². The lowest BCUT2D eigenvalue weighted by Gasteiger charge is -2.04. The highest BCUT2D eigenvalue weighted by Crippen LogP contribution is 2.10. The number of amides is 1. The number of carbonyl (C=O) groups excluding carboxylic acids is 2. The highest BCUT2D eigenvalue weighted by Gasteiger charge is 2.09. The number of nitrogens with one attached hydrogen (secondary N) is 1. The van der Waals surface area contributed by atoms with E-state index < -0.39 is 5.97 Å². The van der Waals surface area contributed by atoms with Gasteiger partial charge < -0.3 is 10.1 Å². The molecular formula is C12H11N3O3. The summed E-state index contributed by atoms with van der Waals surface area (Å²) in [5, 5.41) is 2.45. The van der Waals surface area contributed by atoms with Crippen LogP contribution in [0, 0.1) is 0 Å². The summed E-state index contributed by atoms with van der Waals surface area (Å²) in [6.07, 6.45) is 3.14. The van der Waals surface area contributed by atoms with Crippen molar-refractivity contribution in [2.75, 3.05) is 13.7 Å². The molecule has 0 aliphatic heterocycles. The maximum absolute atomic E-state index is 11.7. The molecule has 0 saturated heterocycles. The van der Waals surface area contributed by atoms with E-state index in [1.165, 1.54) is 7.11 Å². The lowest BCUT2D eigenvalue weighted by atomic mass is 10.2. The third kappa shape index (κ3) is 2.60. The highest BCUT2D eigenvalue weighted by molar-refractivity contribution is 5.98. The number of methoxy groups -OCH3 is 1. The number of hydrogen-bond acceptors (Lipinski definition) is 5. The summed E-state index contributed by atoms with van der Waals surface area (Å²) in [6, 6.07) is 4.95. The van der Waals surface area contributed by atoms with Crippen molar-refractivity contribution in [2.45, 2.75) is 0 Å². The molecule has 0 aliphatic carbocycles. The first-order valence-corrected chi connectivity index (χ1v) is 5.26. The van der Waals surface area contributed by atoms with E-state index in [0.29, 0.717) is 16.6 Å². The Morgan fingerprint density at radius 3 is 2.67 bits per heavy atom. The molecule has 1 amide bonds. The van der Waals surface area contributed by atoms with Crippen molar-refractivity contribution in [1.29, 1.82) is 0 Å². The van der Waals surface area contributed by atoms with Crippen molar-refractivity contribution in [3.63, 3.8) is 0 Å². The average Bonchev–Trinajstić information content (AvgIpc) is 2.43. The normalized spacial score (nSPS) is 10.1. The van der Waals surface area contributed by atoms with Crippen molar-refractivity contribution in [3.8, 4) is 0 Å². The van der Waals surface area contributed by atoms with Crippen molar-refractivity contribution >= 4 is 22.9 Å². The van der Waals surface area contributed by atoms with Crippen LogP contribution in [0.1, 0.15) is 10.4 Å². The summed E-state index contributed by atoms with van der Waals surface area (Å²) >= 11 is 0. The van der Waals surface area contributed by atoms with Gasteiger partial charge in [0.15, 0.2) is 0 Å². The topological polar surface area (TPSA) is 81.2 Å². The first kappa shape index (κ1) is 12.0. The van der Waals surface area contributed by atoms with Crippen molar-refractivity contribution in [2.24, 2.45) is 0 Å². The second-order valence-corrected chi connectivity index (χ2v) is 3.52. The summed E-state index contributed by atoms with van der Waals surface area (Å²) in [5.41, 5.74) is 1.76. The van der Waals surface area contributed by atoms with Crippen LogP contribution in [0.3, 0.4) is 0 Å². The molecule has 0 unspecified atom stereocenters. The van der Waals surface area contributed by atoms with Gasteiger partial charge in [-0.05, 0) is 18.2 Å². The van der Waals surface area contributed by atoms with Gasteiger partial charge in [-0.3, -0.25) is 19.6 Å². The summed E-state index contributed by atoms with van der Waals surface area (Å²) in [6.45, 7) is -0.159. The van der Waals surface area contributed by atoms with Crippen LogP contribution in [0.15, 0.2) is 30.6 Å². The van der Waals surface area contributed by atoms with E-state index in [1.807, 2.05) is 0 Å². The number of ether oxygens (including phenoxy) is 1. The maximum Gasteiger partial charge on any atom is 0.325 e. The van der Waals surface area contributed by atoms with Gasteiger partial charge in [0.25, 0.3) is 5.91 Å². The standard InChI is InChI=1S/C12H11N3O3/c1-18-11(16)7-15-12(17)8-2-3-9-10(6-8)14-5-4-13-9/h2-6H,7H2,1H3,(H,15,17). The molecule has 6 heteroatoms. The van der Waals surface area contributed by atoms with Gasteiger partial charge in [0.2, 0.25) is 0 Å². The Morgan fingerprint density at radius 1 is 1.22 bits per heavy atom. The zero-order chi connectivity index (χ0) is 13.0. The molecule has 2 rings (SSSR count). The molecule has 0 aliphatic rings. The van der Waals surface area contributed by atoms with Crippen LogP contribution in [0.2, 0.25) is 0 Å². The fourth-order valence-corrected chi connectivity index (χ4v) is 1.43. The molecule has 1 heterocycles. The Kier molecular flexibility index (Phi) is 3.47. The third-order valence-corrected chi connectivity index (χ3v) is 2.35.